The van der Waals surface area contributed by atoms with Gasteiger partial charge in [-0.2, -0.15) is 5.26 Å². The number of nitrogens with one attached hydrogen (secondary N) is 1. The molecule has 0 aliphatic rings. The summed E-state index contributed by atoms with van der Waals surface area (Å²) in [6, 6.07) is 4.18. The molecule has 0 saturated heterocycles. The summed E-state index contributed by atoms with van der Waals surface area (Å²) < 4.78 is 10.9. The van der Waals surface area contributed by atoms with Crippen molar-refractivity contribution in [1.29, 1.82) is 5.26 Å². The first-order chi connectivity index (χ1) is 8.86. The Morgan fingerprint density at radius 3 is 2.32 bits per heavy atom. The van der Waals surface area contributed by atoms with Crippen LogP contribution in [0, 0.1) is 25.2 Å². The summed E-state index contributed by atoms with van der Waals surface area (Å²) in [6.07, 6.45) is 0. The van der Waals surface area contributed by atoms with Crippen LogP contribution in [0.2, 0.25) is 0 Å². The highest BCUT2D eigenvalue weighted by Crippen LogP contribution is 2.33. The van der Waals surface area contributed by atoms with E-state index in [0.29, 0.717) is 6.54 Å². The summed E-state index contributed by atoms with van der Waals surface area (Å²) in [5.74, 6) is 1.68. The lowest BCUT2D eigenvalue weighted by Gasteiger charge is -2.21. The van der Waals surface area contributed by atoms with Crippen molar-refractivity contribution in [2.24, 2.45) is 0 Å². The number of benzene rings is 1. The van der Waals surface area contributed by atoms with Gasteiger partial charge in [-0.3, -0.25) is 5.32 Å². The van der Waals surface area contributed by atoms with Crippen molar-refractivity contribution >= 4 is 0 Å². The molecule has 0 unspecified atom stereocenters. The first-order valence-electron chi connectivity index (χ1n) is 6.23. The molecule has 104 valence electrons. The molecule has 4 nitrogen and oxygen atoms in total. The molecule has 1 aromatic carbocycles. The quantitative estimate of drug-likeness (QED) is 0.886. The molecule has 0 amide bonds. The van der Waals surface area contributed by atoms with E-state index in [0.717, 1.165) is 28.2 Å². The molecule has 0 spiro atoms. The smallest absolute Gasteiger partial charge is 0.126 e. The van der Waals surface area contributed by atoms with Gasteiger partial charge in [-0.15, -0.1) is 0 Å². The van der Waals surface area contributed by atoms with Gasteiger partial charge in [0.2, 0.25) is 0 Å². The van der Waals surface area contributed by atoms with Crippen LogP contribution in [-0.2, 0) is 6.54 Å². The van der Waals surface area contributed by atoms with E-state index in [2.05, 4.69) is 11.4 Å². The molecule has 0 aliphatic carbocycles. The molecule has 0 atom stereocenters. The van der Waals surface area contributed by atoms with Gasteiger partial charge in [0.1, 0.15) is 17.0 Å². The van der Waals surface area contributed by atoms with Gasteiger partial charge in [0.05, 0.1) is 20.3 Å². The van der Waals surface area contributed by atoms with Crippen molar-refractivity contribution in [3.63, 3.8) is 0 Å². The maximum Gasteiger partial charge on any atom is 0.126 e. The first-order valence-corrected chi connectivity index (χ1v) is 6.23. The lowest BCUT2D eigenvalue weighted by atomic mass is 10.0. The van der Waals surface area contributed by atoms with Crippen molar-refractivity contribution < 1.29 is 9.47 Å². The van der Waals surface area contributed by atoms with Gasteiger partial charge in [0, 0.05) is 12.1 Å². The first kappa shape index (κ1) is 15.3. The SMILES string of the molecule is COc1cc(CNC(C)(C)C#N)c(OC)c(C)c1C. The number of rotatable bonds is 5. The van der Waals surface area contributed by atoms with Crippen LogP contribution in [0.15, 0.2) is 6.07 Å². The van der Waals surface area contributed by atoms with Gasteiger partial charge in [-0.1, -0.05) is 0 Å². The third kappa shape index (κ3) is 3.39. The van der Waals surface area contributed by atoms with Crippen LogP contribution in [-0.4, -0.2) is 19.8 Å². The van der Waals surface area contributed by atoms with Crippen LogP contribution in [0.5, 0.6) is 11.5 Å². The maximum atomic E-state index is 9.03. The molecule has 0 aliphatic heterocycles. The third-order valence-corrected chi connectivity index (χ3v) is 3.29. The van der Waals surface area contributed by atoms with Crippen LogP contribution in [0.1, 0.15) is 30.5 Å². The number of nitrogens with zero attached hydrogens (tertiary/aromatic N) is 1. The maximum absolute atomic E-state index is 9.03. The second-order valence-electron chi connectivity index (χ2n) is 5.11. The van der Waals surface area contributed by atoms with Crippen molar-refractivity contribution in [2.75, 3.05) is 14.2 Å². The fourth-order valence-electron chi connectivity index (χ4n) is 1.91. The van der Waals surface area contributed by atoms with E-state index in [1.807, 2.05) is 33.8 Å². The monoisotopic (exact) mass is 262 g/mol. The van der Waals surface area contributed by atoms with Gasteiger partial charge in [-0.25, -0.2) is 0 Å². The predicted molar refractivity (Wildman–Crippen MR) is 75.6 cm³/mol. The fourth-order valence-corrected chi connectivity index (χ4v) is 1.91. The van der Waals surface area contributed by atoms with Gasteiger partial charge < -0.3 is 9.47 Å². The Morgan fingerprint density at radius 2 is 1.84 bits per heavy atom. The van der Waals surface area contributed by atoms with E-state index in [1.54, 1.807) is 14.2 Å². The zero-order valence-electron chi connectivity index (χ0n) is 12.5. The molecule has 0 aromatic heterocycles. The summed E-state index contributed by atoms with van der Waals surface area (Å²) in [7, 11) is 3.32. The van der Waals surface area contributed by atoms with E-state index < -0.39 is 5.54 Å². The van der Waals surface area contributed by atoms with Crippen molar-refractivity contribution in [1.82, 2.24) is 5.32 Å². The van der Waals surface area contributed by atoms with E-state index in [1.165, 1.54) is 0 Å². The highest BCUT2D eigenvalue weighted by atomic mass is 16.5. The van der Waals surface area contributed by atoms with Gasteiger partial charge >= 0.3 is 0 Å². The topological polar surface area (TPSA) is 54.3 Å². The normalized spacial score (nSPS) is 11.0. The van der Waals surface area contributed by atoms with Crippen LogP contribution >= 0.6 is 0 Å². The Labute approximate surface area is 115 Å². The Kier molecular flexibility index (Phi) is 4.79. The van der Waals surface area contributed by atoms with Gasteiger partial charge in [-0.05, 0) is 44.9 Å². The number of hydrogen-bond donors (Lipinski definition) is 1. The number of ether oxygens (including phenoxy) is 2. The van der Waals surface area contributed by atoms with Gasteiger partial charge in [0.25, 0.3) is 0 Å². The van der Waals surface area contributed by atoms with Crippen molar-refractivity contribution in [2.45, 2.75) is 39.8 Å². The second kappa shape index (κ2) is 5.94. The number of hydrogen-bond acceptors (Lipinski definition) is 4. The summed E-state index contributed by atoms with van der Waals surface area (Å²) in [4.78, 5) is 0. The third-order valence-electron chi connectivity index (χ3n) is 3.29. The van der Waals surface area contributed by atoms with Crippen LogP contribution in [0.25, 0.3) is 0 Å². The van der Waals surface area contributed by atoms with Crippen LogP contribution in [0.3, 0.4) is 0 Å². The Bertz CT molecular complexity index is 502. The Morgan fingerprint density at radius 1 is 1.21 bits per heavy atom. The average Bonchev–Trinajstić information content (AvgIpc) is 2.40. The van der Waals surface area contributed by atoms with Gasteiger partial charge in [0.15, 0.2) is 0 Å². The van der Waals surface area contributed by atoms with E-state index in [9.17, 15) is 0 Å². The fraction of sp³-hybridized carbons (Fsp3) is 0.533. The zero-order valence-corrected chi connectivity index (χ0v) is 12.5. The van der Waals surface area contributed by atoms with E-state index in [4.69, 9.17) is 14.7 Å². The highest BCUT2D eigenvalue weighted by Gasteiger charge is 2.18. The molecule has 0 bridgehead atoms. The molecular formula is C15H22N2O2. The Hall–Kier alpha value is -1.73. The minimum atomic E-state index is -0.572. The molecular weight excluding hydrogens is 240 g/mol. The summed E-state index contributed by atoms with van der Waals surface area (Å²) in [5, 5.41) is 12.2. The highest BCUT2D eigenvalue weighted by molar-refractivity contribution is 5.52. The Balaban J connectivity index is 3.13. The lowest BCUT2D eigenvalue weighted by Crippen LogP contribution is -2.37. The largest absolute Gasteiger partial charge is 0.496 e. The minimum absolute atomic E-state index is 0.557. The minimum Gasteiger partial charge on any atom is -0.496 e. The molecule has 19 heavy (non-hydrogen) atoms. The summed E-state index contributed by atoms with van der Waals surface area (Å²) >= 11 is 0. The number of methoxy groups -OCH3 is 2. The molecule has 4 heteroatoms. The molecule has 1 aromatic rings. The second-order valence-corrected chi connectivity index (χ2v) is 5.11. The van der Waals surface area contributed by atoms with Crippen LogP contribution < -0.4 is 14.8 Å². The molecule has 0 radical (unpaired) electrons. The van der Waals surface area contributed by atoms with Crippen molar-refractivity contribution in [3.8, 4) is 17.6 Å². The predicted octanol–water partition coefficient (Wildman–Crippen LogP) is 2.71. The van der Waals surface area contributed by atoms with Crippen LogP contribution in [0.4, 0.5) is 0 Å². The number of nitriles is 1. The van der Waals surface area contributed by atoms with Crippen molar-refractivity contribution in [3.05, 3.63) is 22.8 Å². The molecule has 1 rings (SSSR count). The molecule has 0 heterocycles. The summed E-state index contributed by atoms with van der Waals surface area (Å²) in [6.45, 7) is 8.26. The lowest BCUT2D eigenvalue weighted by molar-refractivity contribution is 0.388. The van der Waals surface area contributed by atoms with E-state index >= 15 is 0 Å². The molecule has 0 fully saturated rings. The standard InChI is InChI=1S/C15H22N2O2/c1-10-11(2)14(19-6)12(7-13(10)18-5)8-17-15(3,4)9-16/h7,17H,8H2,1-6H3. The average molecular weight is 262 g/mol. The zero-order chi connectivity index (χ0) is 14.6. The molecule has 0 saturated carbocycles. The summed E-state index contributed by atoms with van der Waals surface area (Å²) in [5.41, 5.74) is 2.55. The van der Waals surface area contributed by atoms with E-state index in [-0.39, 0.29) is 0 Å². The molecule has 1 N–H and O–H groups in total.